The minimum atomic E-state index is 0.647. The molecule has 2 nitrogen and oxygen atoms in total. The normalized spacial score (nSPS) is 12.5. The van der Waals surface area contributed by atoms with Crippen molar-refractivity contribution in [1.29, 1.82) is 0 Å². The number of nitrogens with one attached hydrogen (secondary N) is 1. The van der Waals surface area contributed by atoms with Crippen molar-refractivity contribution in [2.45, 2.75) is 66.7 Å². The highest BCUT2D eigenvalue weighted by Gasteiger charge is 2.14. The molecule has 0 unspecified atom stereocenters. The van der Waals surface area contributed by atoms with E-state index in [1.807, 2.05) is 64.1 Å². The molecule has 1 N–H and O–H groups in total. The predicted molar refractivity (Wildman–Crippen MR) is 124 cm³/mol. The molecule has 28 heavy (non-hydrogen) atoms. The van der Waals surface area contributed by atoms with Crippen LogP contribution in [0.15, 0.2) is 49.0 Å². The Bertz CT molecular complexity index is 744. The first-order valence-corrected chi connectivity index (χ1v) is 10.6. The molecule has 0 bridgehead atoms. The Hall–Kier alpha value is -2.35. The van der Waals surface area contributed by atoms with Crippen molar-refractivity contribution in [3.05, 3.63) is 71.3 Å². The Kier molecular flexibility index (Phi) is 10.9. The molecule has 0 heterocycles. The van der Waals surface area contributed by atoms with E-state index in [9.17, 15) is 4.79 Å². The molecule has 1 fully saturated rings. The summed E-state index contributed by atoms with van der Waals surface area (Å²) < 4.78 is 0. The number of aldehydes is 1. The molecule has 0 saturated heterocycles. The number of anilines is 1. The number of rotatable bonds is 6. The molecule has 2 heteroatoms. The van der Waals surface area contributed by atoms with E-state index in [0.717, 1.165) is 34.7 Å². The van der Waals surface area contributed by atoms with Crippen molar-refractivity contribution in [2.24, 2.45) is 5.92 Å². The number of carbonyl (C=O) groups is 1. The van der Waals surface area contributed by atoms with Crippen molar-refractivity contribution in [3.8, 4) is 0 Å². The van der Waals surface area contributed by atoms with Gasteiger partial charge in [-0.25, -0.2) is 0 Å². The summed E-state index contributed by atoms with van der Waals surface area (Å²) in [6.07, 6.45) is 8.29. The zero-order chi connectivity index (χ0) is 20.9. The molecule has 0 radical (unpaired) electrons. The van der Waals surface area contributed by atoms with Crippen molar-refractivity contribution in [1.82, 2.24) is 0 Å². The van der Waals surface area contributed by atoms with Crippen LogP contribution in [-0.4, -0.2) is 6.29 Å². The lowest BCUT2D eigenvalue weighted by atomic mass is 9.82. The Morgan fingerprint density at radius 3 is 2.29 bits per heavy atom. The van der Waals surface area contributed by atoms with Gasteiger partial charge in [0, 0.05) is 16.9 Å². The monoisotopic (exact) mass is 379 g/mol. The van der Waals surface area contributed by atoms with Crippen molar-refractivity contribution >= 4 is 17.7 Å². The molecule has 0 aromatic heterocycles. The van der Waals surface area contributed by atoms with Crippen LogP contribution in [0.3, 0.4) is 0 Å². The summed E-state index contributed by atoms with van der Waals surface area (Å²) in [5, 5.41) is 3.21. The highest BCUT2D eigenvalue weighted by Crippen LogP contribution is 2.29. The number of aryl methyl sites for hydroxylation is 2. The van der Waals surface area contributed by atoms with Gasteiger partial charge in [0.05, 0.1) is 0 Å². The van der Waals surface area contributed by atoms with E-state index < -0.39 is 0 Å². The molecular formula is C26H37NO. The minimum absolute atomic E-state index is 0.647. The summed E-state index contributed by atoms with van der Waals surface area (Å²) in [6.45, 7) is 14.3. The molecule has 2 aromatic rings. The van der Waals surface area contributed by atoms with Crippen LogP contribution in [-0.2, 0) is 0 Å². The molecule has 1 aliphatic carbocycles. The van der Waals surface area contributed by atoms with Crippen LogP contribution < -0.4 is 5.32 Å². The third kappa shape index (κ3) is 7.72. The summed E-state index contributed by atoms with van der Waals surface area (Å²) >= 11 is 0. The van der Waals surface area contributed by atoms with E-state index in [0.29, 0.717) is 5.56 Å². The fourth-order valence-electron chi connectivity index (χ4n) is 3.15. The topological polar surface area (TPSA) is 29.1 Å². The summed E-state index contributed by atoms with van der Waals surface area (Å²) in [5.74, 6) is 1.13. The standard InChI is InChI=1S/C17H17NO.C7H14.C2H6/c1-12-5-4-6-15(9-12)14(3)18-17-8-7-13(2)10-16(17)11-19;1-2-4-7-5-3-6-7;1-2/h4-11,18H,3H2,1-2H3;7H,2-6H2,1H3;1-2H3. The number of carbonyl (C=O) groups excluding carboxylic acids is 1. The second kappa shape index (κ2) is 12.9. The molecule has 0 amide bonds. The third-order valence-electron chi connectivity index (χ3n) is 4.91. The van der Waals surface area contributed by atoms with E-state index in [-0.39, 0.29) is 0 Å². The third-order valence-corrected chi connectivity index (χ3v) is 4.91. The zero-order valence-electron chi connectivity index (χ0n) is 18.3. The summed E-state index contributed by atoms with van der Waals surface area (Å²) in [4.78, 5) is 11.1. The van der Waals surface area contributed by atoms with Gasteiger partial charge in [-0.1, -0.05) is 94.8 Å². The van der Waals surface area contributed by atoms with Crippen molar-refractivity contribution in [2.75, 3.05) is 5.32 Å². The average Bonchev–Trinajstić information content (AvgIpc) is 2.68. The fraction of sp³-hybridized carbons (Fsp3) is 0.423. The van der Waals surface area contributed by atoms with Gasteiger partial charge in [-0.3, -0.25) is 4.79 Å². The summed E-state index contributed by atoms with van der Waals surface area (Å²) in [5.41, 5.74) is 5.49. The zero-order valence-corrected chi connectivity index (χ0v) is 18.3. The molecule has 0 atom stereocenters. The molecule has 0 aliphatic heterocycles. The first-order valence-electron chi connectivity index (χ1n) is 10.6. The van der Waals surface area contributed by atoms with Crippen LogP contribution in [0.4, 0.5) is 5.69 Å². The number of hydrogen-bond donors (Lipinski definition) is 1. The van der Waals surface area contributed by atoms with Crippen molar-refractivity contribution < 1.29 is 4.79 Å². The van der Waals surface area contributed by atoms with Gasteiger partial charge in [-0.2, -0.15) is 0 Å². The van der Waals surface area contributed by atoms with Crippen LogP contribution in [0.25, 0.3) is 5.70 Å². The molecule has 2 aromatic carbocycles. The highest BCUT2D eigenvalue weighted by atomic mass is 16.1. The van der Waals surface area contributed by atoms with E-state index in [1.165, 1.54) is 37.7 Å². The van der Waals surface area contributed by atoms with Crippen LogP contribution in [0, 0.1) is 19.8 Å². The molecule has 3 rings (SSSR count). The second-order valence-electron chi connectivity index (χ2n) is 7.27. The minimum Gasteiger partial charge on any atom is -0.355 e. The van der Waals surface area contributed by atoms with Crippen LogP contribution in [0.5, 0.6) is 0 Å². The Morgan fingerprint density at radius 2 is 1.79 bits per heavy atom. The summed E-state index contributed by atoms with van der Waals surface area (Å²) in [7, 11) is 0. The van der Waals surface area contributed by atoms with Gasteiger partial charge in [0.1, 0.15) is 0 Å². The van der Waals surface area contributed by atoms with Crippen LogP contribution in [0.1, 0.15) is 79.9 Å². The fourth-order valence-corrected chi connectivity index (χ4v) is 3.15. The first kappa shape index (κ1) is 23.7. The van der Waals surface area contributed by atoms with Gasteiger partial charge in [-0.05, 0) is 43.5 Å². The molecule has 1 aliphatic rings. The molecular weight excluding hydrogens is 342 g/mol. The lowest BCUT2D eigenvalue weighted by Crippen LogP contribution is -2.09. The Morgan fingerprint density at radius 1 is 1.11 bits per heavy atom. The Labute approximate surface area is 172 Å². The van der Waals surface area contributed by atoms with E-state index in [4.69, 9.17) is 0 Å². The average molecular weight is 380 g/mol. The maximum absolute atomic E-state index is 11.1. The van der Waals surface area contributed by atoms with Gasteiger partial charge < -0.3 is 5.32 Å². The van der Waals surface area contributed by atoms with E-state index >= 15 is 0 Å². The van der Waals surface area contributed by atoms with Gasteiger partial charge in [0.25, 0.3) is 0 Å². The molecule has 0 spiro atoms. The second-order valence-corrected chi connectivity index (χ2v) is 7.27. The lowest BCUT2D eigenvalue weighted by molar-refractivity contribution is 0.112. The maximum Gasteiger partial charge on any atom is 0.152 e. The van der Waals surface area contributed by atoms with Crippen LogP contribution in [0.2, 0.25) is 0 Å². The maximum atomic E-state index is 11.1. The number of benzene rings is 2. The molecule has 152 valence electrons. The highest BCUT2D eigenvalue weighted by molar-refractivity contribution is 5.88. The van der Waals surface area contributed by atoms with Gasteiger partial charge >= 0.3 is 0 Å². The van der Waals surface area contributed by atoms with Gasteiger partial charge in [0.15, 0.2) is 6.29 Å². The quantitative estimate of drug-likeness (QED) is 0.518. The Balaban J connectivity index is 0.000000363. The summed E-state index contributed by atoms with van der Waals surface area (Å²) in [6, 6.07) is 13.8. The van der Waals surface area contributed by atoms with Crippen LogP contribution >= 0.6 is 0 Å². The largest absolute Gasteiger partial charge is 0.355 e. The van der Waals surface area contributed by atoms with Gasteiger partial charge in [0.2, 0.25) is 0 Å². The number of hydrogen-bond acceptors (Lipinski definition) is 2. The van der Waals surface area contributed by atoms with Crippen molar-refractivity contribution in [3.63, 3.8) is 0 Å². The van der Waals surface area contributed by atoms with Gasteiger partial charge in [-0.15, -0.1) is 0 Å². The lowest BCUT2D eigenvalue weighted by Gasteiger charge is -2.24. The SMILES string of the molecule is C=C(Nc1ccc(C)cc1C=O)c1cccc(C)c1.CC.CCCC1CCC1. The molecule has 1 saturated carbocycles. The first-order chi connectivity index (χ1) is 13.5. The van der Waals surface area contributed by atoms with E-state index in [1.54, 1.807) is 0 Å². The smallest absolute Gasteiger partial charge is 0.152 e. The predicted octanol–water partition coefficient (Wildman–Crippen LogP) is 7.81. The van der Waals surface area contributed by atoms with E-state index in [2.05, 4.69) is 24.9 Å².